The van der Waals surface area contributed by atoms with Gasteiger partial charge in [0.05, 0.1) is 14.2 Å². The zero-order valence-corrected chi connectivity index (χ0v) is 7.91. The van der Waals surface area contributed by atoms with E-state index in [1.54, 1.807) is 20.3 Å². The summed E-state index contributed by atoms with van der Waals surface area (Å²) in [4.78, 5) is 0. The monoisotopic (exact) mass is 177 g/mol. The fourth-order valence-corrected chi connectivity index (χ4v) is 1.12. The Morgan fingerprint density at radius 2 is 1.69 bits per heavy atom. The van der Waals surface area contributed by atoms with Crippen molar-refractivity contribution in [3.05, 3.63) is 36.4 Å². The highest BCUT2D eigenvalue weighted by Gasteiger charge is 1.99. The summed E-state index contributed by atoms with van der Waals surface area (Å²) in [6, 6.07) is 5.71. The molecule has 0 unspecified atom stereocenters. The third-order valence-electron chi connectivity index (χ3n) is 1.76. The molecule has 0 atom stereocenters. The molecular formula is C11H13O2. The van der Waals surface area contributed by atoms with Crippen LogP contribution >= 0.6 is 0 Å². The number of ether oxygens (including phenoxy) is 2. The highest BCUT2D eigenvalue weighted by atomic mass is 16.5. The zero-order valence-electron chi connectivity index (χ0n) is 7.91. The molecule has 0 aliphatic heterocycles. The lowest BCUT2D eigenvalue weighted by atomic mass is 10.1. The van der Waals surface area contributed by atoms with Crippen molar-refractivity contribution in [2.75, 3.05) is 14.2 Å². The molecule has 0 saturated heterocycles. The second-order valence-electron chi connectivity index (χ2n) is 2.66. The third kappa shape index (κ3) is 2.51. The predicted octanol–water partition coefficient (Wildman–Crippen LogP) is 2.24. The first-order valence-corrected chi connectivity index (χ1v) is 4.05. The maximum atomic E-state index is 5.34. The molecule has 0 aromatic heterocycles. The van der Waals surface area contributed by atoms with Crippen molar-refractivity contribution in [1.29, 1.82) is 0 Å². The first-order valence-electron chi connectivity index (χ1n) is 4.05. The molecule has 13 heavy (non-hydrogen) atoms. The number of methoxy groups -OCH3 is 2. The summed E-state index contributed by atoms with van der Waals surface area (Å²) in [5.74, 6) is 1.58. The fourth-order valence-electron chi connectivity index (χ4n) is 1.12. The van der Waals surface area contributed by atoms with Gasteiger partial charge in [-0.2, -0.15) is 0 Å². The van der Waals surface area contributed by atoms with Crippen LogP contribution in [0, 0.1) is 6.58 Å². The Hall–Kier alpha value is -1.44. The average molecular weight is 177 g/mol. The minimum Gasteiger partial charge on any atom is -0.497 e. The van der Waals surface area contributed by atoms with Crippen LogP contribution in [0.2, 0.25) is 0 Å². The summed E-state index contributed by atoms with van der Waals surface area (Å²) in [7, 11) is 3.26. The molecule has 0 N–H and O–H groups in total. The first kappa shape index (κ1) is 9.65. The molecule has 1 radical (unpaired) electrons. The van der Waals surface area contributed by atoms with Gasteiger partial charge in [0.1, 0.15) is 11.5 Å². The van der Waals surface area contributed by atoms with Crippen LogP contribution in [0.25, 0.3) is 0 Å². The van der Waals surface area contributed by atoms with Crippen molar-refractivity contribution in [3.63, 3.8) is 0 Å². The smallest absolute Gasteiger partial charge is 0.122 e. The standard InChI is InChI=1S/C11H13O2/c1-4-5-9-6-10(12-2)8-11(7-9)13-3/h1,4,6-8H,5H2,2-3H3. The molecule has 0 amide bonds. The molecule has 1 rings (SSSR count). The largest absolute Gasteiger partial charge is 0.497 e. The van der Waals surface area contributed by atoms with Gasteiger partial charge in [-0.25, -0.2) is 0 Å². The lowest BCUT2D eigenvalue weighted by Crippen LogP contribution is -1.90. The number of hydrogen-bond acceptors (Lipinski definition) is 2. The topological polar surface area (TPSA) is 18.5 Å². The van der Waals surface area contributed by atoms with E-state index in [0.29, 0.717) is 6.42 Å². The maximum Gasteiger partial charge on any atom is 0.122 e. The van der Waals surface area contributed by atoms with E-state index in [9.17, 15) is 0 Å². The van der Waals surface area contributed by atoms with Crippen molar-refractivity contribution >= 4 is 0 Å². The lowest BCUT2D eigenvalue weighted by molar-refractivity contribution is 0.393. The molecule has 2 nitrogen and oxygen atoms in total. The summed E-state index contributed by atoms with van der Waals surface area (Å²) >= 11 is 0. The van der Waals surface area contributed by atoms with E-state index >= 15 is 0 Å². The van der Waals surface area contributed by atoms with Crippen LogP contribution in [-0.2, 0) is 6.42 Å². The van der Waals surface area contributed by atoms with Crippen LogP contribution in [0.5, 0.6) is 11.5 Å². The van der Waals surface area contributed by atoms with Crippen molar-refractivity contribution in [2.45, 2.75) is 6.42 Å². The zero-order chi connectivity index (χ0) is 9.68. The van der Waals surface area contributed by atoms with Crippen LogP contribution < -0.4 is 9.47 Å². The van der Waals surface area contributed by atoms with Gasteiger partial charge in [-0.05, 0) is 24.1 Å². The Kier molecular flexibility index (Phi) is 3.38. The minimum absolute atomic E-state index is 0.716. The van der Waals surface area contributed by atoms with Crippen molar-refractivity contribution in [1.82, 2.24) is 0 Å². The Labute approximate surface area is 78.8 Å². The average Bonchev–Trinajstić information content (AvgIpc) is 2.17. The lowest BCUT2D eigenvalue weighted by Gasteiger charge is -2.06. The molecule has 1 aromatic carbocycles. The van der Waals surface area contributed by atoms with E-state index in [-0.39, 0.29) is 0 Å². The molecule has 0 aliphatic carbocycles. The maximum absolute atomic E-state index is 5.34. The third-order valence-corrected chi connectivity index (χ3v) is 1.76. The van der Waals surface area contributed by atoms with Gasteiger partial charge in [-0.3, -0.25) is 0 Å². The van der Waals surface area contributed by atoms with Crippen molar-refractivity contribution in [2.24, 2.45) is 0 Å². The summed E-state index contributed by atoms with van der Waals surface area (Å²) < 4.78 is 10.2. The Morgan fingerprint density at radius 1 is 1.15 bits per heavy atom. The van der Waals surface area contributed by atoms with Gasteiger partial charge in [0, 0.05) is 6.07 Å². The quantitative estimate of drug-likeness (QED) is 0.702. The van der Waals surface area contributed by atoms with Gasteiger partial charge in [-0.1, -0.05) is 12.7 Å². The van der Waals surface area contributed by atoms with Crippen LogP contribution in [0.1, 0.15) is 5.56 Å². The van der Waals surface area contributed by atoms with Crippen LogP contribution in [0.3, 0.4) is 0 Å². The molecule has 0 spiro atoms. The number of hydrogen-bond donors (Lipinski definition) is 0. The van der Waals surface area contributed by atoms with E-state index in [1.165, 1.54) is 0 Å². The molecule has 0 bridgehead atoms. The Bertz CT molecular complexity index is 270. The normalized spacial score (nSPS) is 9.38. The van der Waals surface area contributed by atoms with E-state index in [0.717, 1.165) is 17.1 Å². The van der Waals surface area contributed by atoms with Gasteiger partial charge < -0.3 is 9.47 Å². The number of benzene rings is 1. The summed E-state index contributed by atoms with van der Waals surface area (Å²) in [6.45, 7) is 5.34. The van der Waals surface area contributed by atoms with E-state index in [2.05, 4.69) is 0 Å². The molecule has 69 valence electrons. The SMILES string of the molecule is [CH]=CCc1cc(OC)cc(OC)c1. The minimum atomic E-state index is 0.716. The highest BCUT2D eigenvalue weighted by Crippen LogP contribution is 2.22. The molecular weight excluding hydrogens is 164 g/mol. The molecule has 1 aromatic rings. The predicted molar refractivity (Wildman–Crippen MR) is 52.1 cm³/mol. The van der Waals surface area contributed by atoms with Gasteiger partial charge in [-0.15, -0.1) is 0 Å². The van der Waals surface area contributed by atoms with E-state index in [1.807, 2.05) is 18.2 Å². The molecule has 0 fully saturated rings. The number of rotatable bonds is 4. The van der Waals surface area contributed by atoms with Crippen molar-refractivity contribution < 1.29 is 9.47 Å². The van der Waals surface area contributed by atoms with E-state index < -0.39 is 0 Å². The molecule has 0 aliphatic rings. The van der Waals surface area contributed by atoms with Gasteiger partial charge in [0.25, 0.3) is 0 Å². The first-order chi connectivity index (χ1) is 6.30. The Balaban J connectivity index is 2.99. The Morgan fingerprint density at radius 3 is 2.08 bits per heavy atom. The second kappa shape index (κ2) is 4.55. The summed E-state index contributed by atoms with van der Waals surface area (Å²) in [5.41, 5.74) is 1.08. The van der Waals surface area contributed by atoms with Gasteiger partial charge in [0.2, 0.25) is 0 Å². The number of allylic oxidation sites excluding steroid dienone is 1. The summed E-state index contributed by atoms with van der Waals surface area (Å²) in [6.07, 6.45) is 2.32. The molecule has 2 heteroatoms. The fraction of sp³-hybridized carbons (Fsp3) is 0.273. The highest BCUT2D eigenvalue weighted by molar-refractivity contribution is 5.38. The summed E-state index contributed by atoms with van der Waals surface area (Å²) in [5, 5.41) is 0. The van der Waals surface area contributed by atoms with Crippen LogP contribution in [-0.4, -0.2) is 14.2 Å². The van der Waals surface area contributed by atoms with Crippen molar-refractivity contribution in [3.8, 4) is 11.5 Å². The molecule has 0 heterocycles. The second-order valence-corrected chi connectivity index (χ2v) is 2.66. The van der Waals surface area contributed by atoms with Gasteiger partial charge in [0.15, 0.2) is 0 Å². The van der Waals surface area contributed by atoms with Crippen LogP contribution in [0.4, 0.5) is 0 Å². The molecule has 0 saturated carbocycles. The van der Waals surface area contributed by atoms with Gasteiger partial charge >= 0.3 is 0 Å². The van der Waals surface area contributed by atoms with Crippen LogP contribution in [0.15, 0.2) is 24.3 Å². The van der Waals surface area contributed by atoms with E-state index in [4.69, 9.17) is 16.1 Å².